The average Bonchev–Trinajstić information content (AvgIpc) is 2.29. The van der Waals surface area contributed by atoms with Crippen molar-refractivity contribution in [1.82, 2.24) is 9.55 Å². The number of rotatable bonds is 2. The van der Waals surface area contributed by atoms with Gasteiger partial charge in [-0.3, -0.25) is 0 Å². The van der Waals surface area contributed by atoms with Crippen LogP contribution >= 0.6 is 0 Å². The molecule has 0 bridgehead atoms. The minimum absolute atomic E-state index is 0.108. The third-order valence-electron chi connectivity index (χ3n) is 1.72. The van der Waals surface area contributed by atoms with Gasteiger partial charge < -0.3 is 10.3 Å². The second kappa shape index (κ2) is 2.82. The molecule has 12 heavy (non-hydrogen) atoms. The van der Waals surface area contributed by atoms with Crippen molar-refractivity contribution in [3.8, 4) is 0 Å². The zero-order valence-corrected chi connectivity index (χ0v) is 7.01. The molecule has 0 amide bonds. The van der Waals surface area contributed by atoms with Gasteiger partial charge in [-0.25, -0.2) is 4.98 Å². The van der Waals surface area contributed by atoms with Crippen molar-refractivity contribution in [3.63, 3.8) is 0 Å². The highest BCUT2D eigenvalue weighted by molar-refractivity contribution is 5.09. The van der Waals surface area contributed by atoms with Gasteiger partial charge in [-0.2, -0.15) is 8.78 Å². The first-order valence-corrected chi connectivity index (χ1v) is 3.55. The summed E-state index contributed by atoms with van der Waals surface area (Å²) >= 11 is 0. The molecule has 68 valence electrons. The molecule has 0 unspecified atom stereocenters. The highest BCUT2D eigenvalue weighted by Crippen LogP contribution is 2.26. The first-order valence-electron chi connectivity index (χ1n) is 3.55. The zero-order chi connectivity index (χ0) is 9.35. The van der Waals surface area contributed by atoms with Gasteiger partial charge in [0.15, 0.2) is 0 Å². The summed E-state index contributed by atoms with van der Waals surface area (Å²) in [5, 5.41) is 0. The molecule has 0 fully saturated rings. The summed E-state index contributed by atoms with van der Waals surface area (Å²) in [5.41, 5.74) is 5.17. The Hall–Kier alpha value is -0.970. The van der Waals surface area contributed by atoms with Gasteiger partial charge in [-0.1, -0.05) is 0 Å². The number of hydrogen-bond donors (Lipinski definition) is 1. The van der Waals surface area contributed by atoms with E-state index in [9.17, 15) is 8.78 Å². The van der Waals surface area contributed by atoms with Gasteiger partial charge in [0.05, 0.1) is 12.7 Å². The maximum absolute atomic E-state index is 12.8. The maximum atomic E-state index is 12.8. The smallest absolute Gasteiger partial charge is 0.286 e. The Morgan fingerprint density at radius 1 is 1.67 bits per heavy atom. The topological polar surface area (TPSA) is 43.8 Å². The lowest BCUT2D eigenvalue weighted by Crippen LogP contribution is -2.15. The summed E-state index contributed by atoms with van der Waals surface area (Å²) in [6, 6.07) is 0. The van der Waals surface area contributed by atoms with Crippen LogP contribution in [0.2, 0.25) is 0 Å². The number of nitrogens with zero attached hydrogens (tertiary/aromatic N) is 2. The lowest BCUT2D eigenvalue weighted by atomic mass is 10.3. The van der Waals surface area contributed by atoms with E-state index in [1.807, 2.05) is 0 Å². The van der Waals surface area contributed by atoms with E-state index in [-0.39, 0.29) is 12.2 Å². The van der Waals surface area contributed by atoms with Crippen molar-refractivity contribution >= 4 is 0 Å². The molecule has 1 rings (SSSR count). The number of imidazole rings is 1. The Labute approximate surface area is 69.2 Å². The van der Waals surface area contributed by atoms with Gasteiger partial charge >= 0.3 is 0 Å². The summed E-state index contributed by atoms with van der Waals surface area (Å²) in [5.74, 6) is -2.39. The van der Waals surface area contributed by atoms with Crippen LogP contribution in [0.3, 0.4) is 0 Å². The number of nitrogens with two attached hydrogens (primary N) is 1. The molecule has 0 radical (unpaired) electrons. The van der Waals surface area contributed by atoms with E-state index in [0.29, 0.717) is 5.82 Å². The molecule has 0 spiro atoms. The van der Waals surface area contributed by atoms with Gasteiger partial charge in [0, 0.05) is 14.0 Å². The van der Waals surface area contributed by atoms with Gasteiger partial charge in [0.2, 0.25) is 0 Å². The fraction of sp³-hybridized carbons (Fsp3) is 0.571. The molecule has 0 atom stereocenters. The number of alkyl halides is 2. The minimum atomic E-state index is -2.85. The summed E-state index contributed by atoms with van der Waals surface area (Å²) in [4.78, 5) is 3.76. The molecule has 5 heteroatoms. The Kier molecular flexibility index (Phi) is 2.14. The predicted octanol–water partition coefficient (Wildman–Crippen LogP) is 0.991. The summed E-state index contributed by atoms with van der Waals surface area (Å²) in [6.07, 6.45) is 1.15. The second-order valence-corrected chi connectivity index (χ2v) is 2.71. The third kappa shape index (κ3) is 1.45. The summed E-state index contributed by atoms with van der Waals surface area (Å²) in [6.45, 7) is 1.01. The average molecular weight is 175 g/mol. The van der Waals surface area contributed by atoms with Crippen molar-refractivity contribution in [2.75, 3.05) is 0 Å². The molecule has 0 saturated heterocycles. The number of aromatic nitrogens is 2. The highest BCUT2D eigenvalue weighted by Gasteiger charge is 2.28. The van der Waals surface area contributed by atoms with Crippen molar-refractivity contribution < 1.29 is 8.78 Å². The van der Waals surface area contributed by atoms with E-state index in [0.717, 1.165) is 13.1 Å². The molecule has 0 aromatic carbocycles. The van der Waals surface area contributed by atoms with Crippen LogP contribution in [0.25, 0.3) is 0 Å². The molecule has 0 aliphatic rings. The fourth-order valence-corrected chi connectivity index (χ4v) is 1.05. The fourth-order valence-electron chi connectivity index (χ4n) is 1.05. The highest BCUT2D eigenvalue weighted by atomic mass is 19.3. The van der Waals surface area contributed by atoms with E-state index >= 15 is 0 Å². The Morgan fingerprint density at radius 3 is 2.50 bits per heavy atom. The summed E-state index contributed by atoms with van der Waals surface area (Å²) < 4.78 is 26.8. The van der Waals surface area contributed by atoms with E-state index in [1.165, 1.54) is 11.6 Å². The quantitative estimate of drug-likeness (QED) is 0.728. The third-order valence-corrected chi connectivity index (χ3v) is 1.72. The molecule has 1 heterocycles. The van der Waals surface area contributed by atoms with Crippen molar-refractivity contribution in [2.24, 2.45) is 12.8 Å². The Balaban J connectivity index is 3.11. The molecule has 1 aromatic heterocycles. The SMILES string of the molecule is Cn1c(C(C)(F)F)cnc1CN. The van der Waals surface area contributed by atoms with Crippen molar-refractivity contribution in [2.45, 2.75) is 19.4 Å². The molecule has 2 N–H and O–H groups in total. The van der Waals surface area contributed by atoms with Crippen LogP contribution in [-0.2, 0) is 19.5 Å². The molecular weight excluding hydrogens is 164 g/mol. The van der Waals surface area contributed by atoms with Crippen molar-refractivity contribution in [3.05, 3.63) is 17.7 Å². The molecular formula is C7H11F2N3. The van der Waals surface area contributed by atoms with E-state index in [2.05, 4.69) is 4.98 Å². The second-order valence-electron chi connectivity index (χ2n) is 2.71. The molecule has 1 aromatic rings. The largest absolute Gasteiger partial charge is 0.329 e. The monoisotopic (exact) mass is 175 g/mol. The number of halogens is 2. The Bertz CT molecular complexity index is 275. The van der Waals surface area contributed by atoms with Crippen LogP contribution in [0.15, 0.2) is 6.20 Å². The lowest BCUT2D eigenvalue weighted by molar-refractivity contribution is 0.00964. The van der Waals surface area contributed by atoms with Crippen LogP contribution in [0, 0.1) is 0 Å². The van der Waals surface area contributed by atoms with Crippen LogP contribution in [0.4, 0.5) is 8.78 Å². The van der Waals surface area contributed by atoms with E-state index < -0.39 is 5.92 Å². The molecule has 0 aliphatic heterocycles. The van der Waals surface area contributed by atoms with Gasteiger partial charge in [-0.15, -0.1) is 0 Å². The van der Waals surface area contributed by atoms with Crippen LogP contribution in [0.1, 0.15) is 18.4 Å². The van der Waals surface area contributed by atoms with E-state index in [4.69, 9.17) is 5.73 Å². The first kappa shape index (κ1) is 9.12. The van der Waals surface area contributed by atoms with E-state index in [1.54, 1.807) is 0 Å². The zero-order valence-electron chi connectivity index (χ0n) is 7.01. The van der Waals surface area contributed by atoms with Crippen LogP contribution in [0.5, 0.6) is 0 Å². The standard InChI is InChI=1S/C7H11F2N3/c1-7(8,9)5-4-11-6(3-10)12(5)2/h4H,3,10H2,1-2H3. The minimum Gasteiger partial charge on any atom is -0.329 e. The molecule has 0 aliphatic carbocycles. The maximum Gasteiger partial charge on any atom is 0.286 e. The van der Waals surface area contributed by atoms with Gasteiger partial charge in [0.25, 0.3) is 5.92 Å². The van der Waals surface area contributed by atoms with Gasteiger partial charge in [0.1, 0.15) is 11.5 Å². The van der Waals surface area contributed by atoms with Crippen LogP contribution < -0.4 is 5.73 Å². The molecule has 0 saturated carbocycles. The lowest BCUT2D eigenvalue weighted by Gasteiger charge is -2.10. The van der Waals surface area contributed by atoms with Crippen molar-refractivity contribution in [1.29, 1.82) is 0 Å². The predicted molar refractivity (Wildman–Crippen MR) is 40.7 cm³/mol. The van der Waals surface area contributed by atoms with Gasteiger partial charge in [-0.05, 0) is 0 Å². The Morgan fingerprint density at radius 2 is 2.25 bits per heavy atom. The normalized spacial score (nSPS) is 12.1. The van der Waals surface area contributed by atoms with Crippen LogP contribution in [-0.4, -0.2) is 9.55 Å². The number of hydrogen-bond acceptors (Lipinski definition) is 2. The summed E-state index contributed by atoms with van der Waals surface area (Å²) in [7, 11) is 1.53. The first-order chi connectivity index (χ1) is 5.46. The molecule has 3 nitrogen and oxygen atoms in total.